The standard InChI is InChI=1S/C16H20N2O4/c1-10-7-14(12(3)22-10)16(20)17-8-15(19)18(4)9-13-5-6-21-11(13)2/h5-7H,8-9H2,1-4H3,(H,17,20). The molecule has 0 unspecified atom stereocenters. The van der Waals surface area contributed by atoms with Gasteiger partial charge in [0.25, 0.3) is 5.91 Å². The largest absolute Gasteiger partial charge is 0.469 e. The second-order valence-electron chi connectivity index (χ2n) is 5.26. The molecule has 22 heavy (non-hydrogen) atoms. The van der Waals surface area contributed by atoms with Gasteiger partial charge in [0, 0.05) is 19.2 Å². The Bertz CT molecular complexity index is 684. The normalized spacial score (nSPS) is 10.5. The number of rotatable bonds is 5. The quantitative estimate of drug-likeness (QED) is 0.918. The van der Waals surface area contributed by atoms with Crippen molar-refractivity contribution in [3.8, 4) is 0 Å². The van der Waals surface area contributed by atoms with Crippen molar-refractivity contribution in [2.24, 2.45) is 0 Å². The lowest BCUT2D eigenvalue weighted by molar-refractivity contribution is -0.129. The highest BCUT2D eigenvalue weighted by molar-refractivity contribution is 5.97. The molecule has 0 fully saturated rings. The van der Waals surface area contributed by atoms with Gasteiger partial charge in [-0.05, 0) is 32.9 Å². The molecule has 0 bridgehead atoms. The first-order valence-corrected chi connectivity index (χ1v) is 7.00. The minimum atomic E-state index is -0.310. The van der Waals surface area contributed by atoms with Crippen LogP contribution in [0.25, 0.3) is 0 Å². The fourth-order valence-corrected chi connectivity index (χ4v) is 2.16. The number of carbonyl (C=O) groups is 2. The molecule has 2 aromatic rings. The van der Waals surface area contributed by atoms with Gasteiger partial charge in [0.2, 0.25) is 5.91 Å². The second kappa shape index (κ2) is 6.51. The molecule has 0 spiro atoms. The zero-order chi connectivity index (χ0) is 16.3. The van der Waals surface area contributed by atoms with Crippen molar-refractivity contribution in [1.82, 2.24) is 10.2 Å². The van der Waals surface area contributed by atoms with E-state index in [4.69, 9.17) is 8.83 Å². The van der Waals surface area contributed by atoms with E-state index in [2.05, 4.69) is 5.32 Å². The lowest BCUT2D eigenvalue weighted by atomic mass is 10.2. The minimum Gasteiger partial charge on any atom is -0.469 e. The lowest BCUT2D eigenvalue weighted by Gasteiger charge is -2.17. The average Bonchev–Trinajstić information content (AvgIpc) is 3.01. The van der Waals surface area contributed by atoms with E-state index >= 15 is 0 Å². The van der Waals surface area contributed by atoms with Gasteiger partial charge in [-0.1, -0.05) is 0 Å². The lowest BCUT2D eigenvalue weighted by Crippen LogP contribution is -2.37. The summed E-state index contributed by atoms with van der Waals surface area (Å²) in [5, 5.41) is 2.61. The van der Waals surface area contributed by atoms with Gasteiger partial charge in [-0.3, -0.25) is 9.59 Å². The molecule has 0 aliphatic heterocycles. The molecule has 0 saturated carbocycles. The number of nitrogens with zero attached hydrogens (tertiary/aromatic N) is 1. The van der Waals surface area contributed by atoms with Crippen LogP contribution in [0.2, 0.25) is 0 Å². The predicted molar refractivity (Wildman–Crippen MR) is 80.4 cm³/mol. The molecule has 1 N–H and O–H groups in total. The summed E-state index contributed by atoms with van der Waals surface area (Å²) in [4.78, 5) is 25.6. The van der Waals surface area contributed by atoms with Crippen LogP contribution in [0.4, 0.5) is 0 Å². The molecule has 2 rings (SSSR count). The molecular weight excluding hydrogens is 284 g/mol. The monoisotopic (exact) mass is 304 g/mol. The molecule has 0 atom stereocenters. The van der Waals surface area contributed by atoms with Crippen molar-refractivity contribution in [2.45, 2.75) is 27.3 Å². The van der Waals surface area contributed by atoms with Crippen molar-refractivity contribution >= 4 is 11.8 Å². The molecule has 0 saturated heterocycles. The van der Waals surface area contributed by atoms with Crippen LogP contribution < -0.4 is 5.32 Å². The van der Waals surface area contributed by atoms with Crippen molar-refractivity contribution in [1.29, 1.82) is 0 Å². The number of nitrogens with one attached hydrogen (secondary N) is 1. The predicted octanol–water partition coefficient (Wildman–Crippen LogP) is 2.19. The Morgan fingerprint density at radius 1 is 1.23 bits per heavy atom. The summed E-state index contributed by atoms with van der Waals surface area (Å²) in [5.74, 6) is 1.52. The highest BCUT2D eigenvalue weighted by Crippen LogP contribution is 2.13. The number of hydrogen-bond donors (Lipinski definition) is 1. The Balaban J connectivity index is 1.88. The minimum absolute atomic E-state index is 0.0596. The highest BCUT2D eigenvalue weighted by atomic mass is 16.3. The number of amides is 2. The van der Waals surface area contributed by atoms with Crippen LogP contribution in [0.3, 0.4) is 0 Å². The first kappa shape index (κ1) is 15.9. The smallest absolute Gasteiger partial charge is 0.255 e. The molecule has 0 aliphatic rings. The van der Waals surface area contributed by atoms with E-state index < -0.39 is 0 Å². The van der Waals surface area contributed by atoms with Crippen LogP contribution in [-0.2, 0) is 11.3 Å². The molecule has 6 heteroatoms. The Kier molecular flexibility index (Phi) is 4.70. The molecule has 0 radical (unpaired) electrons. The Hall–Kier alpha value is -2.50. The maximum Gasteiger partial charge on any atom is 0.255 e. The average molecular weight is 304 g/mol. The summed E-state index contributed by atoms with van der Waals surface area (Å²) in [6.45, 7) is 5.73. The second-order valence-corrected chi connectivity index (χ2v) is 5.26. The van der Waals surface area contributed by atoms with Crippen molar-refractivity contribution in [2.75, 3.05) is 13.6 Å². The number of carbonyl (C=O) groups excluding carboxylic acids is 2. The third kappa shape index (κ3) is 3.58. The van der Waals surface area contributed by atoms with Crippen molar-refractivity contribution < 1.29 is 18.4 Å². The van der Waals surface area contributed by atoms with Crippen LogP contribution in [0.1, 0.15) is 33.2 Å². The Labute approximate surface area is 129 Å². The molecule has 0 aliphatic carbocycles. The van der Waals surface area contributed by atoms with E-state index in [1.165, 1.54) is 0 Å². The van der Waals surface area contributed by atoms with Crippen molar-refractivity contribution in [3.63, 3.8) is 0 Å². The SMILES string of the molecule is Cc1cc(C(=O)NCC(=O)N(C)Cc2ccoc2C)c(C)o1. The third-order valence-corrected chi connectivity index (χ3v) is 3.49. The summed E-state index contributed by atoms with van der Waals surface area (Å²) in [7, 11) is 1.69. The van der Waals surface area contributed by atoms with Crippen molar-refractivity contribution in [3.05, 3.63) is 46.8 Å². The van der Waals surface area contributed by atoms with Gasteiger partial charge in [-0.25, -0.2) is 0 Å². The zero-order valence-electron chi connectivity index (χ0n) is 13.2. The van der Waals surface area contributed by atoms with Crippen LogP contribution in [0, 0.1) is 20.8 Å². The molecule has 118 valence electrons. The number of likely N-dealkylation sites (N-methyl/N-ethyl adjacent to an activating group) is 1. The van der Waals surface area contributed by atoms with E-state index in [9.17, 15) is 9.59 Å². The molecular formula is C16H20N2O4. The van der Waals surface area contributed by atoms with Crippen LogP contribution in [-0.4, -0.2) is 30.3 Å². The fraction of sp³-hybridized carbons (Fsp3) is 0.375. The summed E-state index contributed by atoms with van der Waals surface area (Å²) in [6.07, 6.45) is 1.59. The van der Waals surface area contributed by atoms with Gasteiger partial charge in [-0.15, -0.1) is 0 Å². The van der Waals surface area contributed by atoms with Gasteiger partial charge in [-0.2, -0.15) is 0 Å². The van der Waals surface area contributed by atoms with Gasteiger partial charge in [0.1, 0.15) is 17.3 Å². The molecule has 6 nitrogen and oxygen atoms in total. The van der Waals surface area contributed by atoms with E-state index in [-0.39, 0.29) is 18.4 Å². The van der Waals surface area contributed by atoms with E-state index in [1.807, 2.05) is 13.0 Å². The zero-order valence-corrected chi connectivity index (χ0v) is 13.2. The third-order valence-electron chi connectivity index (χ3n) is 3.49. The first-order chi connectivity index (χ1) is 10.4. The first-order valence-electron chi connectivity index (χ1n) is 7.00. The fourth-order valence-electron chi connectivity index (χ4n) is 2.16. The van der Waals surface area contributed by atoms with Gasteiger partial charge >= 0.3 is 0 Å². The number of aryl methyl sites for hydroxylation is 3. The maximum atomic E-state index is 12.1. The number of furan rings is 2. The van der Waals surface area contributed by atoms with Gasteiger partial charge in [0.05, 0.1) is 18.4 Å². The summed E-state index contributed by atoms with van der Waals surface area (Å²) < 4.78 is 10.5. The van der Waals surface area contributed by atoms with Crippen LogP contribution in [0.15, 0.2) is 27.2 Å². The number of hydrogen-bond acceptors (Lipinski definition) is 4. The van der Waals surface area contributed by atoms with Gasteiger partial charge in [0.15, 0.2) is 0 Å². The molecule has 2 aromatic heterocycles. The molecule has 2 heterocycles. The Morgan fingerprint density at radius 3 is 2.50 bits per heavy atom. The van der Waals surface area contributed by atoms with Crippen LogP contribution in [0.5, 0.6) is 0 Å². The van der Waals surface area contributed by atoms with E-state index in [0.29, 0.717) is 23.6 Å². The Morgan fingerprint density at radius 2 is 1.95 bits per heavy atom. The summed E-state index contributed by atoms with van der Waals surface area (Å²) >= 11 is 0. The maximum absolute atomic E-state index is 12.1. The highest BCUT2D eigenvalue weighted by Gasteiger charge is 2.16. The van der Waals surface area contributed by atoms with E-state index in [1.54, 1.807) is 38.1 Å². The van der Waals surface area contributed by atoms with Crippen LogP contribution >= 0.6 is 0 Å². The van der Waals surface area contributed by atoms with E-state index in [0.717, 1.165) is 11.3 Å². The van der Waals surface area contributed by atoms with Gasteiger partial charge < -0.3 is 19.1 Å². The topological polar surface area (TPSA) is 75.7 Å². The molecule has 0 aromatic carbocycles. The summed E-state index contributed by atoms with van der Waals surface area (Å²) in [6, 6.07) is 3.49. The summed E-state index contributed by atoms with van der Waals surface area (Å²) in [5.41, 5.74) is 1.40. The molecule has 2 amide bonds.